The third-order valence-corrected chi connectivity index (χ3v) is 4.59. The highest BCUT2D eigenvalue weighted by Gasteiger charge is 2.26. The molecule has 0 amide bonds. The maximum atomic E-state index is 4.80. The van der Waals surface area contributed by atoms with Gasteiger partial charge < -0.3 is 5.32 Å². The van der Waals surface area contributed by atoms with Crippen LogP contribution in [-0.2, 0) is 6.42 Å². The van der Waals surface area contributed by atoms with Crippen molar-refractivity contribution in [2.75, 3.05) is 13.6 Å². The van der Waals surface area contributed by atoms with Crippen molar-refractivity contribution in [3.63, 3.8) is 0 Å². The van der Waals surface area contributed by atoms with E-state index in [1.54, 1.807) is 0 Å². The smallest absolute Gasteiger partial charge is 0.0630 e. The molecule has 0 atom stereocenters. The van der Waals surface area contributed by atoms with Gasteiger partial charge >= 0.3 is 0 Å². The number of nitrogens with zero attached hydrogens (tertiary/aromatic N) is 2. The van der Waals surface area contributed by atoms with E-state index in [0.717, 1.165) is 25.8 Å². The van der Waals surface area contributed by atoms with Crippen molar-refractivity contribution in [1.82, 2.24) is 15.1 Å². The lowest BCUT2D eigenvalue weighted by molar-refractivity contribution is 0.249. The molecule has 1 aromatic rings. The van der Waals surface area contributed by atoms with E-state index in [1.807, 2.05) is 7.05 Å². The quantitative estimate of drug-likeness (QED) is 0.736. The summed E-state index contributed by atoms with van der Waals surface area (Å²) in [6.45, 7) is 10.1. The van der Waals surface area contributed by atoms with E-state index in [2.05, 4.69) is 50.0 Å². The van der Waals surface area contributed by atoms with E-state index in [0.29, 0.717) is 11.5 Å². The molecule has 0 unspecified atom stereocenters. The van der Waals surface area contributed by atoms with Crippen molar-refractivity contribution >= 4 is 0 Å². The number of hydrogen-bond acceptors (Lipinski definition) is 2. The van der Waals surface area contributed by atoms with E-state index in [-0.39, 0.29) is 0 Å². The Balaban J connectivity index is 2.80. The number of nitrogens with one attached hydrogen (secondary N) is 1. The Morgan fingerprint density at radius 3 is 2.32 bits per heavy atom. The van der Waals surface area contributed by atoms with Crippen LogP contribution in [0.1, 0.15) is 65.1 Å². The monoisotopic (exact) mass is 265 g/mol. The molecule has 0 radical (unpaired) electrons. The molecule has 0 saturated carbocycles. The van der Waals surface area contributed by atoms with Gasteiger partial charge in [-0.05, 0) is 50.6 Å². The average Bonchev–Trinajstić information content (AvgIpc) is 2.88. The second kappa shape index (κ2) is 7.68. The summed E-state index contributed by atoms with van der Waals surface area (Å²) in [5.74, 6) is 0. The number of aromatic nitrogens is 2. The zero-order valence-corrected chi connectivity index (χ0v) is 13.4. The van der Waals surface area contributed by atoms with Gasteiger partial charge in [0.2, 0.25) is 0 Å². The van der Waals surface area contributed by atoms with Crippen LogP contribution in [-0.4, -0.2) is 23.4 Å². The molecule has 0 spiro atoms. The second-order valence-corrected chi connectivity index (χ2v) is 5.67. The van der Waals surface area contributed by atoms with Crippen molar-refractivity contribution in [1.29, 1.82) is 0 Å². The lowest BCUT2D eigenvalue weighted by Crippen LogP contribution is -2.33. The molecule has 0 aliphatic carbocycles. The zero-order valence-electron chi connectivity index (χ0n) is 13.4. The van der Waals surface area contributed by atoms with Gasteiger partial charge in [-0.1, -0.05) is 27.7 Å². The predicted molar refractivity (Wildman–Crippen MR) is 82.5 cm³/mol. The SMILES string of the molecule is CCC(CC)n1ccc(CC(CC)(CC)CNC)n1. The summed E-state index contributed by atoms with van der Waals surface area (Å²) in [6.07, 6.45) is 7.93. The Kier molecular flexibility index (Phi) is 6.56. The highest BCUT2D eigenvalue weighted by Crippen LogP contribution is 2.30. The Bertz CT molecular complexity index is 349. The van der Waals surface area contributed by atoms with Crippen LogP contribution in [0.25, 0.3) is 0 Å². The molecular formula is C16H31N3. The minimum Gasteiger partial charge on any atom is -0.319 e. The van der Waals surface area contributed by atoms with Crippen molar-refractivity contribution in [2.45, 2.75) is 65.8 Å². The van der Waals surface area contributed by atoms with Crippen LogP contribution in [0.2, 0.25) is 0 Å². The Morgan fingerprint density at radius 2 is 1.84 bits per heavy atom. The molecule has 0 fully saturated rings. The first kappa shape index (κ1) is 16.2. The summed E-state index contributed by atoms with van der Waals surface area (Å²) in [6, 6.07) is 2.75. The molecule has 1 rings (SSSR count). The molecule has 110 valence electrons. The highest BCUT2D eigenvalue weighted by atomic mass is 15.3. The molecule has 1 heterocycles. The van der Waals surface area contributed by atoms with E-state index in [1.165, 1.54) is 18.5 Å². The van der Waals surface area contributed by atoms with Gasteiger partial charge in [-0.25, -0.2) is 0 Å². The van der Waals surface area contributed by atoms with Crippen LogP contribution < -0.4 is 5.32 Å². The van der Waals surface area contributed by atoms with Crippen LogP contribution >= 0.6 is 0 Å². The predicted octanol–water partition coefficient (Wildman–Crippen LogP) is 3.81. The van der Waals surface area contributed by atoms with Gasteiger partial charge in [0.05, 0.1) is 11.7 Å². The third kappa shape index (κ3) is 4.07. The molecule has 0 aromatic carbocycles. The van der Waals surface area contributed by atoms with Gasteiger partial charge in [0.1, 0.15) is 0 Å². The van der Waals surface area contributed by atoms with Gasteiger partial charge in [-0.2, -0.15) is 5.10 Å². The second-order valence-electron chi connectivity index (χ2n) is 5.67. The first-order chi connectivity index (χ1) is 9.14. The Hall–Kier alpha value is -0.830. The maximum absolute atomic E-state index is 4.80. The summed E-state index contributed by atoms with van der Waals surface area (Å²) in [5.41, 5.74) is 1.59. The first-order valence-corrected chi connectivity index (χ1v) is 7.83. The fourth-order valence-corrected chi connectivity index (χ4v) is 2.91. The van der Waals surface area contributed by atoms with Gasteiger partial charge in [0, 0.05) is 12.7 Å². The number of rotatable bonds is 9. The summed E-state index contributed by atoms with van der Waals surface area (Å²) >= 11 is 0. The van der Waals surface area contributed by atoms with Crippen LogP contribution in [0.3, 0.4) is 0 Å². The Labute approximate surface area is 118 Å². The van der Waals surface area contributed by atoms with Gasteiger partial charge in [0.15, 0.2) is 0 Å². The normalized spacial score (nSPS) is 12.3. The van der Waals surface area contributed by atoms with Crippen molar-refractivity contribution in [2.24, 2.45) is 5.41 Å². The summed E-state index contributed by atoms with van der Waals surface area (Å²) in [7, 11) is 2.04. The highest BCUT2D eigenvalue weighted by molar-refractivity contribution is 5.04. The molecule has 1 N–H and O–H groups in total. The first-order valence-electron chi connectivity index (χ1n) is 7.83. The average molecular weight is 265 g/mol. The fourth-order valence-electron chi connectivity index (χ4n) is 2.91. The third-order valence-electron chi connectivity index (χ3n) is 4.59. The van der Waals surface area contributed by atoms with Gasteiger partial charge in [-0.3, -0.25) is 4.68 Å². The zero-order chi connectivity index (χ0) is 14.3. The van der Waals surface area contributed by atoms with E-state index < -0.39 is 0 Å². The minimum atomic E-state index is 0.349. The van der Waals surface area contributed by atoms with Crippen LogP contribution in [0.5, 0.6) is 0 Å². The van der Waals surface area contributed by atoms with E-state index >= 15 is 0 Å². The molecule has 0 aliphatic rings. The molecule has 19 heavy (non-hydrogen) atoms. The van der Waals surface area contributed by atoms with Crippen LogP contribution in [0.15, 0.2) is 12.3 Å². The lowest BCUT2D eigenvalue weighted by atomic mass is 9.78. The molecule has 3 nitrogen and oxygen atoms in total. The van der Waals surface area contributed by atoms with Crippen molar-refractivity contribution in [3.8, 4) is 0 Å². The Morgan fingerprint density at radius 1 is 1.21 bits per heavy atom. The summed E-state index contributed by atoms with van der Waals surface area (Å²) in [5, 5.41) is 8.15. The minimum absolute atomic E-state index is 0.349. The van der Waals surface area contributed by atoms with E-state index in [4.69, 9.17) is 5.10 Å². The molecular weight excluding hydrogens is 234 g/mol. The largest absolute Gasteiger partial charge is 0.319 e. The molecule has 0 bridgehead atoms. The standard InChI is InChI=1S/C16H31N3/c1-6-15(7-2)19-11-10-14(18-19)12-16(8-3,9-4)13-17-5/h10-11,15,17H,6-9,12-13H2,1-5H3. The van der Waals surface area contributed by atoms with Crippen LogP contribution in [0, 0.1) is 5.41 Å². The maximum Gasteiger partial charge on any atom is 0.0630 e. The fraction of sp³-hybridized carbons (Fsp3) is 0.812. The number of hydrogen-bond donors (Lipinski definition) is 1. The summed E-state index contributed by atoms with van der Waals surface area (Å²) < 4.78 is 2.16. The van der Waals surface area contributed by atoms with Gasteiger partial charge in [-0.15, -0.1) is 0 Å². The summed E-state index contributed by atoms with van der Waals surface area (Å²) in [4.78, 5) is 0. The topological polar surface area (TPSA) is 29.9 Å². The van der Waals surface area contributed by atoms with Gasteiger partial charge in [0.25, 0.3) is 0 Å². The molecule has 3 heteroatoms. The molecule has 1 aromatic heterocycles. The van der Waals surface area contributed by atoms with Crippen LogP contribution in [0.4, 0.5) is 0 Å². The molecule has 0 aliphatic heterocycles. The molecule has 0 saturated heterocycles. The lowest BCUT2D eigenvalue weighted by Gasteiger charge is -2.30. The van der Waals surface area contributed by atoms with Crippen molar-refractivity contribution < 1.29 is 0 Å². The van der Waals surface area contributed by atoms with Crippen molar-refractivity contribution in [3.05, 3.63) is 18.0 Å². The van der Waals surface area contributed by atoms with E-state index in [9.17, 15) is 0 Å².